The molecular weight excluding hydrogens is 363 g/mol. The molecule has 2 aromatic rings. The van der Waals surface area contributed by atoms with Gasteiger partial charge in [-0.25, -0.2) is 9.37 Å². The van der Waals surface area contributed by atoms with E-state index in [-0.39, 0.29) is 35.1 Å². The maximum Gasteiger partial charge on any atom is 0.252 e. The van der Waals surface area contributed by atoms with Crippen molar-refractivity contribution in [3.8, 4) is 0 Å². The van der Waals surface area contributed by atoms with Gasteiger partial charge in [-0.3, -0.25) is 14.6 Å². The summed E-state index contributed by atoms with van der Waals surface area (Å²) in [6.07, 6.45) is 6.61. The summed E-state index contributed by atoms with van der Waals surface area (Å²) in [5.74, 6) is -1.61. The number of hydrogen-bond acceptors (Lipinski definition) is 7. The van der Waals surface area contributed by atoms with Crippen LogP contribution < -0.4 is 22.1 Å². The summed E-state index contributed by atoms with van der Waals surface area (Å²) in [5, 5.41) is 5.95. The minimum atomic E-state index is -0.828. The van der Waals surface area contributed by atoms with Crippen LogP contribution in [0, 0.1) is 5.82 Å². The van der Waals surface area contributed by atoms with Crippen LogP contribution in [-0.4, -0.2) is 33.7 Å². The van der Waals surface area contributed by atoms with Crippen LogP contribution in [0.2, 0.25) is 0 Å². The van der Waals surface area contributed by atoms with Gasteiger partial charge in [0.2, 0.25) is 0 Å². The first kappa shape index (κ1) is 19.7. The zero-order chi connectivity index (χ0) is 20.3. The third-order valence-corrected chi connectivity index (χ3v) is 4.79. The molecule has 0 saturated heterocycles. The number of carbonyl (C=O) groups excluding carboxylic acids is 2. The van der Waals surface area contributed by atoms with Gasteiger partial charge in [0.05, 0.1) is 17.4 Å². The van der Waals surface area contributed by atoms with Gasteiger partial charge in [0.1, 0.15) is 5.82 Å². The molecule has 0 bridgehead atoms. The van der Waals surface area contributed by atoms with E-state index in [4.69, 9.17) is 11.5 Å². The van der Waals surface area contributed by atoms with Crippen molar-refractivity contribution in [2.75, 3.05) is 10.6 Å². The molecule has 1 aliphatic rings. The number of hydrogen-bond donors (Lipinski definition) is 4. The standard InChI is InChI=1S/C19H23FN6O2/c1-10(27)11-6-12(9-23-8-11)24-18-13(17(22)28)7-14(20)19(26-18)25-16-5-3-2-4-15(16)21/h6-9,15-16H,2-5,21H2,1H3,(H2,22,28)(H2,24,25,26). The van der Waals surface area contributed by atoms with Crippen molar-refractivity contribution in [3.63, 3.8) is 0 Å². The van der Waals surface area contributed by atoms with Gasteiger partial charge in [0, 0.05) is 23.8 Å². The lowest BCUT2D eigenvalue weighted by Crippen LogP contribution is -2.43. The van der Waals surface area contributed by atoms with E-state index in [2.05, 4.69) is 20.6 Å². The maximum absolute atomic E-state index is 14.5. The van der Waals surface area contributed by atoms with Crippen molar-refractivity contribution in [2.45, 2.75) is 44.7 Å². The van der Waals surface area contributed by atoms with Crippen molar-refractivity contribution < 1.29 is 14.0 Å². The Bertz CT molecular complexity index is 904. The first-order valence-corrected chi connectivity index (χ1v) is 9.10. The molecule has 2 unspecified atom stereocenters. The summed E-state index contributed by atoms with van der Waals surface area (Å²) in [6, 6.07) is 2.40. The molecule has 1 saturated carbocycles. The Labute approximate surface area is 161 Å². The van der Waals surface area contributed by atoms with Crippen molar-refractivity contribution in [3.05, 3.63) is 41.5 Å². The van der Waals surface area contributed by atoms with Gasteiger partial charge < -0.3 is 22.1 Å². The number of amides is 1. The number of nitrogens with two attached hydrogens (primary N) is 2. The second kappa shape index (κ2) is 8.30. The molecule has 0 aliphatic heterocycles. The molecule has 2 heterocycles. The van der Waals surface area contributed by atoms with E-state index >= 15 is 0 Å². The highest BCUT2D eigenvalue weighted by Gasteiger charge is 2.24. The predicted molar refractivity (Wildman–Crippen MR) is 104 cm³/mol. The molecule has 9 heteroatoms. The normalized spacial score (nSPS) is 19.1. The number of nitrogens with one attached hydrogen (secondary N) is 2. The van der Waals surface area contributed by atoms with E-state index in [9.17, 15) is 14.0 Å². The van der Waals surface area contributed by atoms with Crippen LogP contribution in [-0.2, 0) is 0 Å². The minimum absolute atomic E-state index is 0.00877. The summed E-state index contributed by atoms with van der Waals surface area (Å²) >= 11 is 0. The Morgan fingerprint density at radius 2 is 1.93 bits per heavy atom. The smallest absolute Gasteiger partial charge is 0.252 e. The molecule has 3 rings (SSSR count). The molecule has 2 atom stereocenters. The van der Waals surface area contributed by atoms with Gasteiger partial charge in [0.25, 0.3) is 5.91 Å². The van der Waals surface area contributed by atoms with Gasteiger partial charge in [-0.05, 0) is 31.9 Å². The number of halogens is 1. The monoisotopic (exact) mass is 386 g/mol. The molecule has 0 aromatic carbocycles. The number of carbonyl (C=O) groups is 2. The maximum atomic E-state index is 14.5. The highest BCUT2D eigenvalue weighted by atomic mass is 19.1. The van der Waals surface area contributed by atoms with Crippen LogP contribution >= 0.6 is 0 Å². The van der Waals surface area contributed by atoms with Crippen LogP contribution in [0.5, 0.6) is 0 Å². The minimum Gasteiger partial charge on any atom is -0.365 e. The zero-order valence-electron chi connectivity index (χ0n) is 15.5. The SMILES string of the molecule is CC(=O)c1cncc(Nc2nc(NC3CCCCC3N)c(F)cc2C(N)=O)c1. The third-order valence-electron chi connectivity index (χ3n) is 4.79. The number of rotatable bonds is 6. The van der Waals surface area contributed by atoms with Gasteiger partial charge in [-0.15, -0.1) is 0 Å². The second-order valence-electron chi connectivity index (χ2n) is 6.92. The molecule has 8 nitrogen and oxygen atoms in total. The third kappa shape index (κ3) is 4.42. The van der Waals surface area contributed by atoms with E-state index in [1.807, 2.05) is 0 Å². The van der Waals surface area contributed by atoms with Crippen molar-refractivity contribution in [1.29, 1.82) is 0 Å². The van der Waals surface area contributed by atoms with E-state index in [0.29, 0.717) is 11.3 Å². The lowest BCUT2D eigenvalue weighted by atomic mass is 9.91. The fourth-order valence-electron chi connectivity index (χ4n) is 3.23. The van der Waals surface area contributed by atoms with Crippen molar-refractivity contribution in [2.24, 2.45) is 11.5 Å². The Morgan fingerprint density at radius 3 is 2.61 bits per heavy atom. The number of anilines is 3. The van der Waals surface area contributed by atoms with E-state index in [0.717, 1.165) is 31.7 Å². The predicted octanol–water partition coefficient (Wildman–Crippen LogP) is 2.34. The molecule has 28 heavy (non-hydrogen) atoms. The first-order chi connectivity index (χ1) is 13.3. The number of Topliss-reactive ketones (excluding diaryl/α,β-unsaturated/α-hetero) is 1. The van der Waals surface area contributed by atoms with Gasteiger partial charge in [0.15, 0.2) is 17.4 Å². The quantitative estimate of drug-likeness (QED) is 0.559. The van der Waals surface area contributed by atoms with E-state index < -0.39 is 11.7 Å². The summed E-state index contributed by atoms with van der Waals surface area (Å²) in [5.41, 5.74) is 12.2. The number of pyridine rings is 2. The summed E-state index contributed by atoms with van der Waals surface area (Å²) in [7, 11) is 0. The summed E-state index contributed by atoms with van der Waals surface area (Å²) < 4.78 is 14.5. The van der Waals surface area contributed by atoms with Gasteiger partial charge >= 0.3 is 0 Å². The summed E-state index contributed by atoms with van der Waals surface area (Å²) in [4.78, 5) is 31.5. The highest BCUT2D eigenvalue weighted by molar-refractivity contribution is 5.99. The van der Waals surface area contributed by atoms with Crippen molar-refractivity contribution >= 4 is 29.0 Å². The Kier molecular flexibility index (Phi) is 5.84. The van der Waals surface area contributed by atoms with E-state index in [1.54, 1.807) is 6.07 Å². The number of ketones is 1. The fraction of sp³-hybridized carbons (Fsp3) is 0.368. The molecule has 1 fully saturated rings. The van der Waals surface area contributed by atoms with Gasteiger partial charge in [-0.1, -0.05) is 12.8 Å². The zero-order valence-corrected chi connectivity index (χ0v) is 15.5. The topological polar surface area (TPSA) is 136 Å². The van der Waals surface area contributed by atoms with Crippen LogP contribution in [0.15, 0.2) is 24.5 Å². The molecule has 0 radical (unpaired) electrons. The number of nitrogens with zero attached hydrogens (tertiary/aromatic N) is 2. The van der Waals surface area contributed by atoms with E-state index in [1.165, 1.54) is 19.3 Å². The fourth-order valence-corrected chi connectivity index (χ4v) is 3.23. The average Bonchev–Trinajstić information content (AvgIpc) is 2.66. The number of aromatic nitrogens is 2. The highest BCUT2D eigenvalue weighted by Crippen LogP contribution is 2.26. The Balaban J connectivity index is 1.93. The molecule has 6 N–H and O–H groups in total. The molecule has 1 aliphatic carbocycles. The molecule has 2 aromatic heterocycles. The second-order valence-corrected chi connectivity index (χ2v) is 6.92. The van der Waals surface area contributed by atoms with Gasteiger partial charge in [-0.2, -0.15) is 0 Å². The molecule has 0 spiro atoms. The summed E-state index contributed by atoms with van der Waals surface area (Å²) in [6.45, 7) is 1.42. The van der Waals surface area contributed by atoms with Crippen LogP contribution in [0.4, 0.5) is 21.7 Å². The molecular formula is C19H23FN6O2. The Morgan fingerprint density at radius 1 is 1.18 bits per heavy atom. The van der Waals surface area contributed by atoms with Crippen LogP contribution in [0.1, 0.15) is 53.3 Å². The average molecular weight is 386 g/mol. The van der Waals surface area contributed by atoms with Crippen molar-refractivity contribution in [1.82, 2.24) is 9.97 Å². The largest absolute Gasteiger partial charge is 0.365 e. The lowest BCUT2D eigenvalue weighted by Gasteiger charge is -2.30. The van der Waals surface area contributed by atoms with Crippen LogP contribution in [0.3, 0.4) is 0 Å². The molecule has 1 amide bonds. The number of primary amides is 1. The lowest BCUT2D eigenvalue weighted by molar-refractivity contribution is 0.0996. The molecule has 148 valence electrons. The Hall–Kier alpha value is -3.07. The first-order valence-electron chi connectivity index (χ1n) is 9.10. The van der Waals surface area contributed by atoms with Crippen LogP contribution in [0.25, 0.3) is 0 Å².